The van der Waals surface area contributed by atoms with Crippen LogP contribution in [0.5, 0.6) is 0 Å². The molecule has 0 bridgehead atoms. The van der Waals surface area contributed by atoms with Crippen molar-refractivity contribution in [3.63, 3.8) is 0 Å². The maximum Gasteiger partial charge on any atom is 0.222 e. The molecular formula is C15H22N2OS. The van der Waals surface area contributed by atoms with E-state index >= 15 is 0 Å². The largest absolute Gasteiger partial charge is 0.339 e. The zero-order valence-corrected chi connectivity index (χ0v) is 12.4. The average molecular weight is 278 g/mol. The molecule has 0 saturated carbocycles. The molecule has 1 spiro atoms. The highest BCUT2D eigenvalue weighted by molar-refractivity contribution is 7.09. The number of carbonyl (C=O) groups excluding carboxylic acids is 1. The summed E-state index contributed by atoms with van der Waals surface area (Å²) in [7, 11) is 2.01. The van der Waals surface area contributed by atoms with Crippen molar-refractivity contribution in [1.29, 1.82) is 0 Å². The molecule has 1 aromatic heterocycles. The maximum atomic E-state index is 12.0. The van der Waals surface area contributed by atoms with Gasteiger partial charge >= 0.3 is 0 Å². The summed E-state index contributed by atoms with van der Waals surface area (Å²) in [6.45, 7) is 3.26. The highest BCUT2D eigenvalue weighted by Gasteiger charge is 2.43. The molecule has 1 amide bonds. The topological polar surface area (TPSA) is 23.6 Å². The Morgan fingerprint density at radius 1 is 1.37 bits per heavy atom. The molecule has 2 aliphatic rings. The quantitative estimate of drug-likeness (QED) is 0.830. The number of thiophene rings is 1. The first-order chi connectivity index (χ1) is 9.20. The number of piperidine rings is 2. The Morgan fingerprint density at radius 3 is 3.00 bits per heavy atom. The molecule has 2 saturated heterocycles. The summed E-state index contributed by atoms with van der Waals surface area (Å²) in [5.74, 6) is 0.337. The SMILES string of the molecule is CN1C(=O)CCC[C@]12CCCN(Cc1cccs1)C2. The van der Waals surface area contributed by atoms with Gasteiger partial charge in [0.15, 0.2) is 0 Å². The monoisotopic (exact) mass is 278 g/mol. The summed E-state index contributed by atoms with van der Waals surface area (Å²) >= 11 is 1.83. The Balaban J connectivity index is 1.71. The molecule has 0 unspecified atom stereocenters. The molecule has 4 heteroatoms. The van der Waals surface area contributed by atoms with E-state index in [1.165, 1.54) is 30.7 Å². The highest BCUT2D eigenvalue weighted by atomic mass is 32.1. The standard InChI is InChI=1S/C15H22N2OS/c1-16-14(18)6-2-7-15(16)8-4-9-17(12-15)11-13-5-3-10-19-13/h3,5,10H,2,4,6-9,11-12H2,1H3/t15-/m1/s1. The molecule has 1 aromatic rings. The summed E-state index contributed by atoms with van der Waals surface area (Å²) in [5.41, 5.74) is 0.116. The summed E-state index contributed by atoms with van der Waals surface area (Å²) in [6, 6.07) is 4.33. The van der Waals surface area contributed by atoms with Gasteiger partial charge < -0.3 is 4.90 Å². The number of carbonyl (C=O) groups is 1. The van der Waals surface area contributed by atoms with Crippen LogP contribution in [0.15, 0.2) is 17.5 Å². The Kier molecular flexibility index (Phi) is 3.63. The second-order valence-electron chi connectivity index (χ2n) is 5.92. The Bertz CT molecular complexity index is 441. The lowest BCUT2D eigenvalue weighted by Crippen LogP contribution is -2.60. The van der Waals surface area contributed by atoms with Crippen LogP contribution in [0, 0.1) is 0 Å². The van der Waals surface area contributed by atoms with Gasteiger partial charge in [0.1, 0.15) is 0 Å². The molecule has 2 aliphatic heterocycles. The number of rotatable bonds is 2. The third-order valence-corrected chi connectivity index (χ3v) is 5.57. The van der Waals surface area contributed by atoms with Gasteiger partial charge in [-0.15, -0.1) is 11.3 Å². The van der Waals surface area contributed by atoms with Gasteiger partial charge in [0.25, 0.3) is 0 Å². The molecule has 2 fully saturated rings. The normalized spacial score (nSPS) is 29.1. The first kappa shape index (κ1) is 13.1. The van der Waals surface area contributed by atoms with Crippen LogP contribution in [-0.4, -0.2) is 41.4 Å². The third-order valence-electron chi connectivity index (χ3n) is 4.71. The van der Waals surface area contributed by atoms with Crippen LogP contribution in [0.2, 0.25) is 0 Å². The van der Waals surface area contributed by atoms with E-state index in [0.717, 1.165) is 25.9 Å². The van der Waals surface area contributed by atoms with Gasteiger partial charge in [-0.1, -0.05) is 6.07 Å². The Morgan fingerprint density at radius 2 is 2.21 bits per heavy atom. The maximum absolute atomic E-state index is 12.0. The van der Waals surface area contributed by atoms with Crippen molar-refractivity contribution in [1.82, 2.24) is 9.80 Å². The van der Waals surface area contributed by atoms with Gasteiger partial charge in [-0.05, 0) is 43.7 Å². The summed E-state index contributed by atoms with van der Waals surface area (Å²) in [6.07, 6.45) is 5.37. The van der Waals surface area contributed by atoms with E-state index in [-0.39, 0.29) is 5.54 Å². The fraction of sp³-hybridized carbons (Fsp3) is 0.667. The lowest BCUT2D eigenvalue weighted by molar-refractivity contribution is -0.142. The number of hydrogen-bond donors (Lipinski definition) is 0. The fourth-order valence-corrected chi connectivity index (χ4v) is 4.36. The van der Waals surface area contributed by atoms with Crippen LogP contribution in [0.25, 0.3) is 0 Å². The smallest absolute Gasteiger partial charge is 0.222 e. The van der Waals surface area contributed by atoms with E-state index in [4.69, 9.17) is 0 Å². The van der Waals surface area contributed by atoms with Crippen LogP contribution in [0.4, 0.5) is 0 Å². The summed E-state index contributed by atoms with van der Waals surface area (Å²) < 4.78 is 0. The number of amides is 1. The minimum absolute atomic E-state index is 0.116. The fourth-order valence-electron chi connectivity index (χ4n) is 3.61. The van der Waals surface area contributed by atoms with Gasteiger partial charge in [0.05, 0.1) is 5.54 Å². The molecule has 3 rings (SSSR count). The number of likely N-dealkylation sites (N-methyl/N-ethyl adjacent to an activating group) is 1. The minimum atomic E-state index is 0.116. The molecule has 3 heterocycles. The first-order valence-electron chi connectivity index (χ1n) is 7.21. The second-order valence-corrected chi connectivity index (χ2v) is 6.96. The van der Waals surface area contributed by atoms with Crippen LogP contribution in [0.3, 0.4) is 0 Å². The molecule has 1 atom stereocenters. The van der Waals surface area contributed by atoms with Crippen LogP contribution in [0.1, 0.15) is 37.0 Å². The number of hydrogen-bond acceptors (Lipinski definition) is 3. The Labute approximate surface area is 119 Å². The van der Waals surface area contributed by atoms with E-state index in [0.29, 0.717) is 5.91 Å². The van der Waals surface area contributed by atoms with Crippen molar-refractivity contribution in [2.45, 2.75) is 44.2 Å². The van der Waals surface area contributed by atoms with Gasteiger partial charge in [-0.3, -0.25) is 9.69 Å². The van der Waals surface area contributed by atoms with Crippen LogP contribution < -0.4 is 0 Å². The third kappa shape index (κ3) is 2.56. The Hall–Kier alpha value is -0.870. The van der Waals surface area contributed by atoms with Gasteiger partial charge in [-0.2, -0.15) is 0 Å². The lowest BCUT2D eigenvalue weighted by atomic mass is 9.80. The average Bonchev–Trinajstić information content (AvgIpc) is 2.89. The molecular weight excluding hydrogens is 256 g/mol. The van der Waals surface area contributed by atoms with Crippen molar-refractivity contribution in [2.75, 3.05) is 20.1 Å². The van der Waals surface area contributed by atoms with Crippen molar-refractivity contribution >= 4 is 17.2 Å². The second kappa shape index (κ2) is 5.25. The molecule has 0 N–H and O–H groups in total. The summed E-state index contributed by atoms with van der Waals surface area (Å²) in [5, 5.41) is 2.14. The first-order valence-corrected chi connectivity index (χ1v) is 8.09. The van der Waals surface area contributed by atoms with Crippen molar-refractivity contribution in [2.24, 2.45) is 0 Å². The van der Waals surface area contributed by atoms with Gasteiger partial charge in [0, 0.05) is 31.4 Å². The van der Waals surface area contributed by atoms with Crippen molar-refractivity contribution in [3.8, 4) is 0 Å². The molecule has 3 nitrogen and oxygen atoms in total. The zero-order chi connectivity index (χ0) is 13.3. The molecule has 0 radical (unpaired) electrons. The van der Waals surface area contributed by atoms with E-state index < -0.39 is 0 Å². The molecule has 19 heavy (non-hydrogen) atoms. The molecule has 0 aromatic carbocycles. The minimum Gasteiger partial charge on any atom is -0.339 e. The van der Waals surface area contributed by atoms with E-state index in [9.17, 15) is 4.79 Å². The number of nitrogens with zero attached hydrogens (tertiary/aromatic N) is 2. The zero-order valence-electron chi connectivity index (χ0n) is 11.6. The molecule has 104 valence electrons. The van der Waals surface area contributed by atoms with Crippen LogP contribution >= 0.6 is 11.3 Å². The van der Waals surface area contributed by atoms with E-state index in [1.807, 2.05) is 18.4 Å². The van der Waals surface area contributed by atoms with E-state index in [2.05, 4.69) is 27.3 Å². The lowest BCUT2D eigenvalue weighted by Gasteiger charge is -2.50. The van der Waals surface area contributed by atoms with Crippen LogP contribution in [-0.2, 0) is 11.3 Å². The predicted molar refractivity (Wildman–Crippen MR) is 78.2 cm³/mol. The highest BCUT2D eigenvalue weighted by Crippen LogP contribution is 2.36. The predicted octanol–water partition coefficient (Wildman–Crippen LogP) is 2.73. The van der Waals surface area contributed by atoms with Gasteiger partial charge in [-0.25, -0.2) is 0 Å². The van der Waals surface area contributed by atoms with Crippen molar-refractivity contribution in [3.05, 3.63) is 22.4 Å². The van der Waals surface area contributed by atoms with E-state index in [1.54, 1.807) is 0 Å². The molecule has 0 aliphatic carbocycles. The van der Waals surface area contributed by atoms with Gasteiger partial charge in [0.2, 0.25) is 5.91 Å². The number of likely N-dealkylation sites (tertiary alicyclic amines) is 2. The summed E-state index contributed by atoms with van der Waals surface area (Å²) in [4.78, 5) is 18.0. The van der Waals surface area contributed by atoms with Crippen molar-refractivity contribution < 1.29 is 4.79 Å².